The molecule has 0 heterocycles. The van der Waals surface area contributed by atoms with Crippen LogP contribution < -0.4 is 10.5 Å². The van der Waals surface area contributed by atoms with E-state index >= 15 is 0 Å². The smallest absolute Gasteiger partial charge is 0.240 e. The van der Waals surface area contributed by atoms with Gasteiger partial charge in [0.25, 0.3) is 0 Å². The molecule has 21 heavy (non-hydrogen) atoms. The van der Waals surface area contributed by atoms with Crippen LogP contribution >= 0.6 is 0 Å². The van der Waals surface area contributed by atoms with Crippen LogP contribution in [0.1, 0.15) is 44.9 Å². The fourth-order valence-electron chi connectivity index (χ4n) is 2.85. The number of carbonyl (C=O) groups is 1. The van der Waals surface area contributed by atoms with Crippen molar-refractivity contribution in [2.75, 3.05) is 5.32 Å². The van der Waals surface area contributed by atoms with Gasteiger partial charge < -0.3 is 5.32 Å². The van der Waals surface area contributed by atoms with Gasteiger partial charge in [-0.1, -0.05) is 37.8 Å². The van der Waals surface area contributed by atoms with Crippen molar-refractivity contribution in [2.45, 2.75) is 49.8 Å². The Hall–Kier alpha value is -1.40. The monoisotopic (exact) mass is 310 g/mol. The lowest BCUT2D eigenvalue weighted by molar-refractivity contribution is -0.117. The minimum absolute atomic E-state index is 0.0424. The van der Waals surface area contributed by atoms with Crippen molar-refractivity contribution >= 4 is 21.6 Å². The second-order valence-electron chi connectivity index (χ2n) is 5.65. The van der Waals surface area contributed by atoms with Crippen LogP contribution in [-0.2, 0) is 14.8 Å². The minimum atomic E-state index is -3.83. The highest BCUT2D eigenvalue weighted by Crippen LogP contribution is 2.26. The molecule has 1 aromatic rings. The molecule has 116 valence electrons. The summed E-state index contributed by atoms with van der Waals surface area (Å²) in [7, 11) is -3.83. The maximum Gasteiger partial charge on any atom is 0.240 e. The largest absolute Gasteiger partial charge is 0.325 e. The zero-order chi connectivity index (χ0) is 15.3. The molecule has 0 radical (unpaired) electrons. The Labute approximate surface area is 126 Å². The number of rotatable bonds is 4. The number of amides is 1. The minimum Gasteiger partial charge on any atom is -0.325 e. The zero-order valence-corrected chi connectivity index (χ0v) is 12.9. The Morgan fingerprint density at radius 2 is 1.76 bits per heavy atom. The predicted molar refractivity (Wildman–Crippen MR) is 82.3 cm³/mol. The third-order valence-corrected chi connectivity index (χ3v) is 4.89. The first-order valence-electron chi connectivity index (χ1n) is 7.38. The van der Waals surface area contributed by atoms with Gasteiger partial charge in [0, 0.05) is 6.42 Å². The van der Waals surface area contributed by atoms with Gasteiger partial charge in [0.1, 0.15) is 4.90 Å². The SMILES string of the molecule is NS(=O)(=O)c1ccccc1NC(=O)CC1CCCCCC1. The number of nitrogens with one attached hydrogen (secondary N) is 1. The summed E-state index contributed by atoms with van der Waals surface area (Å²) in [5.41, 5.74) is 0.263. The molecule has 0 spiro atoms. The third kappa shape index (κ3) is 4.82. The van der Waals surface area contributed by atoms with Gasteiger partial charge in [-0.25, -0.2) is 13.6 Å². The Balaban J connectivity index is 2.03. The summed E-state index contributed by atoms with van der Waals surface area (Å²) in [6.45, 7) is 0. The summed E-state index contributed by atoms with van der Waals surface area (Å²) in [5.74, 6) is 0.257. The lowest BCUT2D eigenvalue weighted by Crippen LogP contribution is -2.20. The highest BCUT2D eigenvalue weighted by Gasteiger charge is 2.19. The van der Waals surface area contributed by atoms with Crippen LogP contribution in [0.2, 0.25) is 0 Å². The summed E-state index contributed by atoms with van der Waals surface area (Å²) < 4.78 is 23.0. The van der Waals surface area contributed by atoms with E-state index in [-0.39, 0.29) is 16.5 Å². The molecule has 1 aliphatic rings. The highest BCUT2D eigenvalue weighted by molar-refractivity contribution is 7.89. The van der Waals surface area contributed by atoms with Crippen LogP contribution in [0.3, 0.4) is 0 Å². The first-order valence-corrected chi connectivity index (χ1v) is 8.93. The van der Waals surface area contributed by atoms with Gasteiger partial charge in [-0.15, -0.1) is 0 Å². The molecule has 5 nitrogen and oxygen atoms in total. The van der Waals surface area contributed by atoms with E-state index in [0.29, 0.717) is 12.3 Å². The second-order valence-corrected chi connectivity index (χ2v) is 7.18. The van der Waals surface area contributed by atoms with E-state index < -0.39 is 10.0 Å². The summed E-state index contributed by atoms with van der Waals surface area (Å²) >= 11 is 0. The number of carbonyl (C=O) groups excluding carboxylic acids is 1. The molecular formula is C15H22N2O3S. The molecule has 0 bridgehead atoms. The van der Waals surface area contributed by atoms with E-state index in [1.165, 1.54) is 31.7 Å². The fraction of sp³-hybridized carbons (Fsp3) is 0.533. The molecule has 1 aromatic carbocycles. The molecule has 1 saturated carbocycles. The standard InChI is InChI=1S/C15H22N2O3S/c16-21(19,20)14-10-6-5-9-13(14)17-15(18)11-12-7-3-1-2-4-8-12/h5-6,9-10,12H,1-4,7-8,11H2,(H,17,18)(H2,16,19,20). The number of para-hydroxylation sites is 1. The number of anilines is 1. The first-order chi connectivity index (χ1) is 9.97. The van der Waals surface area contributed by atoms with Crippen LogP contribution in [0.4, 0.5) is 5.69 Å². The van der Waals surface area contributed by atoms with Gasteiger partial charge >= 0.3 is 0 Å². The number of benzene rings is 1. The Morgan fingerprint density at radius 1 is 1.14 bits per heavy atom. The van der Waals surface area contributed by atoms with Crippen LogP contribution in [0.5, 0.6) is 0 Å². The fourth-order valence-corrected chi connectivity index (χ4v) is 3.54. The predicted octanol–water partition coefficient (Wildman–Crippen LogP) is 2.63. The van der Waals surface area contributed by atoms with Gasteiger partial charge in [-0.05, 0) is 30.9 Å². The van der Waals surface area contributed by atoms with E-state index in [4.69, 9.17) is 5.14 Å². The van der Waals surface area contributed by atoms with Crippen LogP contribution in [0, 0.1) is 5.92 Å². The lowest BCUT2D eigenvalue weighted by atomic mass is 9.96. The average molecular weight is 310 g/mol. The first kappa shape index (κ1) is 16.0. The van der Waals surface area contributed by atoms with E-state index in [1.807, 2.05) is 0 Å². The average Bonchev–Trinajstić information content (AvgIpc) is 2.66. The summed E-state index contributed by atoms with van der Waals surface area (Å²) in [5, 5.41) is 7.85. The molecule has 2 rings (SSSR count). The van der Waals surface area contributed by atoms with Crippen LogP contribution in [-0.4, -0.2) is 14.3 Å². The van der Waals surface area contributed by atoms with Crippen molar-refractivity contribution in [1.82, 2.24) is 0 Å². The molecular weight excluding hydrogens is 288 g/mol. The van der Waals surface area contributed by atoms with Crippen LogP contribution in [0.25, 0.3) is 0 Å². The van der Waals surface area contributed by atoms with E-state index in [2.05, 4.69) is 5.32 Å². The third-order valence-electron chi connectivity index (χ3n) is 3.92. The molecule has 1 aliphatic carbocycles. The normalized spacial score (nSPS) is 17.2. The number of hydrogen-bond acceptors (Lipinski definition) is 3. The molecule has 0 aliphatic heterocycles. The number of hydrogen-bond donors (Lipinski definition) is 2. The van der Waals surface area contributed by atoms with Gasteiger partial charge in [0.15, 0.2) is 0 Å². The quantitative estimate of drug-likeness (QED) is 0.838. The van der Waals surface area contributed by atoms with E-state index in [0.717, 1.165) is 12.8 Å². The zero-order valence-electron chi connectivity index (χ0n) is 12.0. The van der Waals surface area contributed by atoms with Gasteiger partial charge in [0.2, 0.25) is 15.9 Å². The molecule has 0 aromatic heterocycles. The molecule has 3 N–H and O–H groups in total. The van der Waals surface area contributed by atoms with Gasteiger partial charge in [-0.2, -0.15) is 0 Å². The maximum absolute atomic E-state index is 12.1. The summed E-state index contributed by atoms with van der Waals surface area (Å²) in [4.78, 5) is 12.1. The van der Waals surface area contributed by atoms with Gasteiger partial charge in [0.05, 0.1) is 5.69 Å². The van der Waals surface area contributed by atoms with Crippen molar-refractivity contribution in [2.24, 2.45) is 11.1 Å². The summed E-state index contributed by atoms with van der Waals surface area (Å²) in [6.07, 6.45) is 7.42. The van der Waals surface area contributed by atoms with E-state index in [1.54, 1.807) is 18.2 Å². The number of nitrogens with two attached hydrogens (primary N) is 1. The maximum atomic E-state index is 12.1. The van der Waals surface area contributed by atoms with Crippen LogP contribution in [0.15, 0.2) is 29.2 Å². The van der Waals surface area contributed by atoms with Crippen molar-refractivity contribution in [3.8, 4) is 0 Å². The molecule has 1 amide bonds. The Morgan fingerprint density at radius 3 is 2.38 bits per heavy atom. The molecule has 0 atom stereocenters. The van der Waals surface area contributed by atoms with Crippen molar-refractivity contribution in [3.05, 3.63) is 24.3 Å². The summed E-state index contributed by atoms with van der Waals surface area (Å²) in [6, 6.07) is 6.22. The highest BCUT2D eigenvalue weighted by atomic mass is 32.2. The van der Waals surface area contributed by atoms with Crippen molar-refractivity contribution in [3.63, 3.8) is 0 Å². The van der Waals surface area contributed by atoms with Crippen molar-refractivity contribution < 1.29 is 13.2 Å². The molecule has 0 unspecified atom stereocenters. The van der Waals surface area contributed by atoms with Crippen molar-refractivity contribution in [1.29, 1.82) is 0 Å². The Bertz CT molecular complexity index is 591. The molecule has 6 heteroatoms. The number of sulfonamides is 1. The van der Waals surface area contributed by atoms with E-state index in [9.17, 15) is 13.2 Å². The lowest BCUT2D eigenvalue weighted by Gasteiger charge is -2.14. The molecule has 0 saturated heterocycles. The second kappa shape index (κ2) is 7.04. The Kier molecular flexibility index (Phi) is 5.36. The topological polar surface area (TPSA) is 89.3 Å². The number of primary sulfonamides is 1. The molecule has 1 fully saturated rings. The van der Waals surface area contributed by atoms with Gasteiger partial charge in [-0.3, -0.25) is 4.79 Å².